The van der Waals surface area contributed by atoms with Gasteiger partial charge >= 0.3 is 0 Å². The number of ether oxygens (including phenoxy) is 2. The third kappa shape index (κ3) is 8.18. The minimum Gasteiger partial charge on any atom is -0.494 e. The summed E-state index contributed by atoms with van der Waals surface area (Å²) >= 11 is 0. The van der Waals surface area contributed by atoms with Crippen LogP contribution >= 0.6 is 0 Å². The Labute approximate surface area is 165 Å². The van der Waals surface area contributed by atoms with Gasteiger partial charge in [-0.05, 0) is 69.6 Å². The van der Waals surface area contributed by atoms with E-state index in [-0.39, 0.29) is 0 Å². The molecule has 0 radical (unpaired) electrons. The molecule has 0 spiro atoms. The van der Waals surface area contributed by atoms with E-state index in [2.05, 4.69) is 39.4 Å². The second kappa shape index (κ2) is 12.3. The number of morpholine rings is 1. The van der Waals surface area contributed by atoms with Crippen LogP contribution in [0.1, 0.15) is 37.7 Å². The van der Waals surface area contributed by atoms with Crippen LogP contribution in [0, 0.1) is 0 Å². The van der Waals surface area contributed by atoms with Gasteiger partial charge in [-0.25, -0.2) is 0 Å². The first-order chi connectivity index (χ1) is 13.4. The summed E-state index contributed by atoms with van der Waals surface area (Å²) < 4.78 is 11.3. The monoisotopic (exact) mass is 375 g/mol. The van der Waals surface area contributed by atoms with Gasteiger partial charge in [-0.1, -0.05) is 18.6 Å². The summed E-state index contributed by atoms with van der Waals surface area (Å²) in [6, 6.07) is 8.56. The number of piperidine rings is 1. The van der Waals surface area contributed by atoms with E-state index in [9.17, 15) is 0 Å². The Morgan fingerprint density at radius 3 is 2.33 bits per heavy atom. The van der Waals surface area contributed by atoms with Crippen LogP contribution < -0.4 is 10.1 Å². The molecular weight excluding hydrogens is 338 g/mol. The topological polar surface area (TPSA) is 37.0 Å². The molecule has 3 rings (SSSR count). The molecular formula is C22H37N3O2. The van der Waals surface area contributed by atoms with Crippen LogP contribution in [0.5, 0.6) is 5.75 Å². The van der Waals surface area contributed by atoms with Gasteiger partial charge < -0.3 is 19.7 Å². The first kappa shape index (κ1) is 20.6. The van der Waals surface area contributed by atoms with E-state index in [1.165, 1.54) is 57.4 Å². The summed E-state index contributed by atoms with van der Waals surface area (Å²) in [5.74, 6) is 0.990. The van der Waals surface area contributed by atoms with Gasteiger partial charge in [0.2, 0.25) is 0 Å². The molecule has 0 aromatic heterocycles. The minimum absolute atomic E-state index is 0.815. The van der Waals surface area contributed by atoms with Crippen molar-refractivity contribution >= 4 is 0 Å². The number of nitrogens with one attached hydrogen (secondary N) is 1. The van der Waals surface area contributed by atoms with E-state index < -0.39 is 0 Å². The Morgan fingerprint density at radius 2 is 1.56 bits per heavy atom. The molecule has 5 heteroatoms. The fourth-order valence-corrected chi connectivity index (χ4v) is 3.85. The average Bonchev–Trinajstić information content (AvgIpc) is 2.73. The summed E-state index contributed by atoms with van der Waals surface area (Å²) in [5.41, 5.74) is 1.32. The zero-order valence-corrected chi connectivity index (χ0v) is 16.8. The fourth-order valence-electron chi connectivity index (χ4n) is 3.85. The molecule has 27 heavy (non-hydrogen) atoms. The van der Waals surface area contributed by atoms with Crippen molar-refractivity contribution in [2.75, 3.05) is 65.6 Å². The lowest BCUT2D eigenvalue weighted by atomic mass is 10.1. The molecule has 0 saturated carbocycles. The van der Waals surface area contributed by atoms with Crippen LogP contribution in [0.3, 0.4) is 0 Å². The zero-order chi connectivity index (χ0) is 18.6. The van der Waals surface area contributed by atoms with Crippen molar-refractivity contribution in [2.24, 2.45) is 0 Å². The molecule has 1 aromatic rings. The van der Waals surface area contributed by atoms with Gasteiger partial charge in [0.05, 0.1) is 19.8 Å². The van der Waals surface area contributed by atoms with Gasteiger partial charge in [-0.3, -0.25) is 4.90 Å². The van der Waals surface area contributed by atoms with Gasteiger partial charge in [-0.2, -0.15) is 0 Å². The Kier molecular flexibility index (Phi) is 9.41. The summed E-state index contributed by atoms with van der Waals surface area (Å²) in [4.78, 5) is 5.06. The first-order valence-corrected chi connectivity index (χ1v) is 10.8. The average molecular weight is 376 g/mol. The molecule has 0 atom stereocenters. The summed E-state index contributed by atoms with van der Waals surface area (Å²) in [6.45, 7) is 11.6. The summed E-state index contributed by atoms with van der Waals surface area (Å²) in [6.07, 6.45) is 6.44. The number of benzene rings is 1. The fraction of sp³-hybridized carbons (Fsp3) is 0.727. The maximum atomic E-state index is 5.90. The molecule has 2 saturated heterocycles. The normalized spacial score (nSPS) is 19.3. The van der Waals surface area contributed by atoms with Crippen LogP contribution in [0.2, 0.25) is 0 Å². The summed E-state index contributed by atoms with van der Waals surface area (Å²) in [7, 11) is 0. The highest BCUT2D eigenvalue weighted by Crippen LogP contribution is 2.13. The largest absolute Gasteiger partial charge is 0.494 e. The van der Waals surface area contributed by atoms with Gasteiger partial charge in [-0.15, -0.1) is 0 Å². The molecule has 1 N–H and O–H groups in total. The van der Waals surface area contributed by atoms with E-state index in [1.54, 1.807) is 0 Å². The second-order valence-electron chi connectivity index (χ2n) is 7.73. The lowest BCUT2D eigenvalue weighted by Gasteiger charge is -2.26. The quantitative estimate of drug-likeness (QED) is 0.602. The maximum Gasteiger partial charge on any atom is 0.119 e. The molecule has 2 heterocycles. The van der Waals surface area contributed by atoms with Crippen molar-refractivity contribution in [1.82, 2.24) is 15.1 Å². The van der Waals surface area contributed by atoms with Gasteiger partial charge in [0.15, 0.2) is 0 Å². The van der Waals surface area contributed by atoms with E-state index >= 15 is 0 Å². The molecule has 2 aliphatic heterocycles. The SMILES string of the molecule is c1cc(OCCCN2CCCCC2)ccc1CNCCCN1CCOCC1. The number of hydrogen-bond acceptors (Lipinski definition) is 5. The zero-order valence-electron chi connectivity index (χ0n) is 16.8. The predicted molar refractivity (Wildman–Crippen MR) is 110 cm³/mol. The molecule has 152 valence electrons. The van der Waals surface area contributed by atoms with Crippen molar-refractivity contribution in [3.8, 4) is 5.75 Å². The van der Waals surface area contributed by atoms with Gasteiger partial charge in [0, 0.05) is 26.2 Å². The molecule has 0 amide bonds. The Balaban J connectivity index is 1.21. The standard InChI is InChI=1S/C22H37N3O2/c1-2-11-24(12-3-1)14-5-17-27-22-8-6-21(7-9-22)20-23-10-4-13-25-15-18-26-19-16-25/h6-9,23H,1-5,10-20H2. The predicted octanol–water partition coefficient (Wildman–Crippen LogP) is 2.75. The molecule has 1 aromatic carbocycles. The smallest absolute Gasteiger partial charge is 0.119 e. The van der Waals surface area contributed by atoms with E-state index in [1.807, 2.05) is 0 Å². The lowest BCUT2D eigenvalue weighted by molar-refractivity contribution is 0.0374. The van der Waals surface area contributed by atoms with Crippen molar-refractivity contribution in [2.45, 2.75) is 38.6 Å². The van der Waals surface area contributed by atoms with Crippen molar-refractivity contribution in [3.05, 3.63) is 29.8 Å². The molecule has 2 aliphatic rings. The Hall–Kier alpha value is -1.14. The molecule has 2 fully saturated rings. The number of nitrogens with zero attached hydrogens (tertiary/aromatic N) is 2. The minimum atomic E-state index is 0.815. The molecule has 0 aliphatic carbocycles. The molecule has 0 unspecified atom stereocenters. The molecule has 0 bridgehead atoms. The highest BCUT2D eigenvalue weighted by atomic mass is 16.5. The van der Waals surface area contributed by atoms with E-state index in [0.717, 1.165) is 58.2 Å². The molecule has 5 nitrogen and oxygen atoms in total. The third-order valence-electron chi connectivity index (χ3n) is 5.52. The van der Waals surface area contributed by atoms with Crippen molar-refractivity contribution in [3.63, 3.8) is 0 Å². The van der Waals surface area contributed by atoms with Crippen LogP contribution in [-0.2, 0) is 11.3 Å². The Bertz CT molecular complexity index is 497. The number of rotatable bonds is 11. The summed E-state index contributed by atoms with van der Waals surface area (Å²) in [5, 5.41) is 3.55. The lowest BCUT2D eigenvalue weighted by Crippen LogP contribution is -2.37. The first-order valence-electron chi connectivity index (χ1n) is 10.8. The highest BCUT2D eigenvalue weighted by molar-refractivity contribution is 5.27. The Morgan fingerprint density at radius 1 is 0.852 bits per heavy atom. The number of hydrogen-bond donors (Lipinski definition) is 1. The van der Waals surface area contributed by atoms with Crippen LogP contribution in [0.15, 0.2) is 24.3 Å². The van der Waals surface area contributed by atoms with Crippen LogP contribution in [-0.4, -0.2) is 75.4 Å². The van der Waals surface area contributed by atoms with Crippen molar-refractivity contribution in [1.29, 1.82) is 0 Å². The van der Waals surface area contributed by atoms with Gasteiger partial charge in [0.1, 0.15) is 5.75 Å². The van der Waals surface area contributed by atoms with Crippen molar-refractivity contribution < 1.29 is 9.47 Å². The van der Waals surface area contributed by atoms with Crippen LogP contribution in [0.25, 0.3) is 0 Å². The van der Waals surface area contributed by atoms with E-state index in [4.69, 9.17) is 9.47 Å². The van der Waals surface area contributed by atoms with Crippen LogP contribution in [0.4, 0.5) is 0 Å². The van der Waals surface area contributed by atoms with Gasteiger partial charge in [0.25, 0.3) is 0 Å². The van der Waals surface area contributed by atoms with E-state index in [0.29, 0.717) is 0 Å². The second-order valence-corrected chi connectivity index (χ2v) is 7.73. The maximum absolute atomic E-state index is 5.90. The third-order valence-corrected chi connectivity index (χ3v) is 5.52. The highest BCUT2D eigenvalue weighted by Gasteiger charge is 2.10. The number of likely N-dealkylation sites (tertiary alicyclic amines) is 1.